The molecular formula is C15H22N2O2. The van der Waals surface area contributed by atoms with E-state index in [0.717, 1.165) is 18.5 Å². The minimum Gasteiger partial charge on any atom is -0.380 e. The summed E-state index contributed by atoms with van der Waals surface area (Å²) in [5, 5.41) is 0. The maximum atomic E-state index is 12.4. The van der Waals surface area contributed by atoms with Crippen LogP contribution in [0.5, 0.6) is 0 Å². The molecule has 2 N–H and O–H groups in total. The third-order valence-electron chi connectivity index (χ3n) is 3.90. The van der Waals surface area contributed by atoms with E-state index in [1.54, 1.807) is 7.11 Å². The summed E-state index contributed by atoms with van der Waals surface area (Å²) in [5.74, 6) is -0.0890. The largest absolute Gasteiger partial charge is 0.380 e. The average Bonchev–Trinajstić information content (AvgIpc) is 2.94. The van der Waals surface area contributed by atoms with Crippen molar-refractivity contribution in [2.24, 2.45) is 11.7 Å². The van der Waals surface area contributed by atoms with Crippen LogP contribution in [0.15, 0.2) is 30.3 Å². The van der Waals surface area contributed by atoms with Crippen LogP contribution in [0, 0.1) is 5.92 Å². The molecule has 0 radical (unpaired) electrons. The average molecular weight is 262 g/mol. The molecule has 1 fully saturated rings. The van der Waals surface area contributed by atoms with E-state index in [2.05, 4.69) is 0 Å². The summed E-state index contributed by atoms with van der Waals surface area (Å²) < 4.78 is 5.29. The molecule has 0 saturated carbocycles. The van der Waals surface area contributed by atoms with E-state index in [4.69, 9.17) is 10.5 Å². The van der Waals surface area contributed by atoms with Crippen molar-refractivity contribution < 1.29 is 9.53 Å². The predicted molar refractivity (Wildman–Crippen MR) is 74.5 cm³/mol. The second kappa shape index (κ2) is 6.17. The zero-order valence-corrected chi connectivity index (χ0v) is 11.6. The summed E-state index contributed by atoms with van der Waals surface area (Å²) in [6.45, 7) is 3.35. The Morgan fingerprint density at radius 2 is 2.11 bits per heavy atom. The molecule has 2 rings (SSSR count). The van der Waals surface area contributed by atoms with E-state index in [0.29, 0.717) is 6.54 Å². The summed E-state index contributed by atoms with van der Waals surface area (Å²) in [4.78, 5) is 14.3. The van der Waals surface area contributed by atoms with Crippen LogP contribution in [0.2, 0.25) is 0 Å². The van der Waals surface area contributed by atoms with Crippen LogP contribution < -0.4 is 5.73 Å². The van der Waals surface area contributed by atoms with Gasteiger partial charge in [0.15, 0.2) is 0 Å². The van der Waals surface area contributed by atoms with Crippen LogP contribution in [-0.2, 0) is 9.53 Å². The summed E-state index contributed by atoms with van der Waals surface area (Å²) in [5.41, 5.74) is 7.20. The molecule has 19 heavy (non-hydrogen) atoms. The molecule has 1 aliphatic rings. The van der Waals surface area contributed by atoms with E-state index < -0.39 is 0 Å². The van der Waals surface area contributed by atoms with Crippen LogP contribution in [0.4, 0.5) is 0 Å². The lowest BCUT2D eigenvalue weighted by Gasteiger charge is -2.25. The first-order valence-electron chi connectivity index (χ1n) is 6.75. The molecule has 0 aliphatic carbocycles. The van der Waals surface area contributed by atoms with E-state index in [1.165, 1.54) is 0 Å². The molecule has 3 unspecified atom stereocenters. The van der Waals surface area contributed by atoms with Crippen LogP contribution in [0.25, 0.3) is 0 Å². The van der Waals surface area contributed by atoms with Crippen molar-refractivity contribution in [2.75, 3.05) is 20.2 Å². The van der Waals surface area contributed by atoms with Crippen molar-refractivity contribution in [3.05, 3.63) is 35.9 Å². The SMILES string of the molecule is COC1CCN(C(=O)C(C)C(N)c2ccccc2)C1. The Balaban J connectivity index is 1.99. The Labute approximate surface area is 114 Å². The van der Waals surface area contributed by atoms with Crippen molar-refractivity contribution in [3.8, 4) is 0 Å². The zero-order valence-electron chi connectivity index (χ0n) is 11.6. The Hall–Kier alpha value is -1.39. The van der Waals surface area contributed by atoms with Gasteiger partial charge in [0.1, 0.15) is 0 Å². The lowest BCUT2D eigenvalue weighted by atomic mass is 9.94. The number of hydrogen-bond acceptors (Lipinski definition) is 3. The molecule has 1 saturated heterocycles. The van der Waals surface area contributed by atoms with Gasteiger partial charge in [0.2, 0.25) is 5.91 Å². The Kier molecular flexibility index (Phi) is 4.56. The van der Waals surface area contributed by atoms with Gasteiger partial charge in [-0.1, -0.05) is 37.3 Å². The fourth-order valence-corrected chi connectivity index (χ4v) is 2.53. The zero-order chi connectivity index (χ0) is 13.8. The number of nitrogens with zero attached hydrogens (tertiary/aromatic N) is 1. The van der Waals surface area contributed by atoms with Crippen molar-refractivity contribution in [3.63, 3.8) is 0 Å². The second-order valence-electron chi connectivity index (χ2n) is 5.16. The van der Waals surface area contributed by atoms with Gasteiger partial charge in [0, 0.05) is 26.2 Å². The lowest BCUT2D eigenvalue weighted by Crippen LogP contribution is -2.38. The topological polar surface area (TPSA) is 55.6 Å². The number of ether oxygens (including phenoxy) is 1. The van der Waals surface area contributed by atoms with Crippen molar-refractivity contribution in [1.29, 1.82) is 0 Å². The Morgan fingerprint density at radius 1 is 1.42 bits per heavy atom. The first kappa shape index (κ1) is 14.0. The highest BCUT2D eigenvalue weighted by Gasteiger charge is 2.31. The number of nitrogens with two attached hydrogens (primary N) is 1. The van der Waals surface area contributed by atoms with E-state index in [1.807, 2.05) is 42.2 Å². The number of carbonyl (C=O) groups is 1. The Morgan fingerprint density at radius 3 is 2.68 bits per heavy atom. The van der Waals surface area contributed by atoms with Crippen molar-refractivity contribution >= 4 is 5.91 Å². The second-order valence-corrected chi connectivity index (χ2v) is 5.16. The van der Waals surface area contributed by atoms with Gasteiger partial charge < -0.3 is 15.4 Å². The molecule has 0 aromatic heterocycles. The van der Waals surface area contributed by atoms with Crippen LogP contribution >= 0.6 is 0 Å². The van der Waals surface area contributed by atoms with Gasteiger partial charge >= 0.3 is 0 Å². The quantitative estimate of drug-likeness (QED) is 0.896. The standard InChI is InChI=1S/C15H22N2O2/c1-11(14(16)12-6-4-3-5-7-12)15(18)17-9-8-13(10-17)19-2/h3-7,11,13-14H,8-10,16H2,1-2H3. The molecule has 104 valence electrons. The van der Waals surface area contributed by atoms with E-state index in [9.17, 15) is 4.79 Å². The van der Waals surface area contributed by atoms with Gasteiger partial charge in [-0.2, -0.15) is 0 Å². The summed E-state index contributed by atoms with van der Waals surface area (Å²) in [7, 11) is 1.69. The van der Waals surface area contributed by atoms with Gasteiger partial charge in [-0.15, -0.1) is 0 Å². The molecule has 0 spiro atoms. The molecule has 4 heteroatoms. The summed E-state index contributed by atoms with van der Waals surface area (Å²) >= 11 is 0. The predicted octanol–water partition coefficient (Wildman–Crippen LogP) is 1.57. The summed E-state index contributed by atoms with van der Waals surface area (Å²) in [6.07, 6.45) is 1.08. The molecule has 1 aromatic rings. The highest BCUT2D eigenvalue weighted by atomic mass is 16.5. The third kappa shape index (κ3) is 3.14. The number of rotatable bonds is 4. The minimum absolute atomic E-state index is 0.121. The molecule has 0 bridgehead atoms. The number of methoxy groups -OCH3 is 1. The monoisotopic (exact) mass is 262 g/mol. The van der Waals surface area contributed by atoms with Crippen LogP contribution in [-0.4, -0.2) is 37.1 Å². The number of benzene rings is 1. The molecule has 3 atom stereocenters. The molecule has 1 aliphatic heterocycles. The fraction of sp³-hybridized carbons (Fsp3) is 0.533. The highest BCUT2D eigenvalue weighted by Crippen LogP contribution is 2.23. The normalized spacial score (nSPS) is 22.3. The summed E-state index contributed by atoms with van der Waals surface area (Å²) in [6, 6.07) is 9.53. The van der Waals surface area contributed by atoms with Crippen LogP contribution in [0.1, 0.15) is 24.9 Å². The third-order valence-corrected chi connectivity index (χ3v) is 3.90. The fourth-order valence-electron chi connectivity index (χ4n) is 2.53. The van der Waals surface area contributed by atoms with Crippen molar-refractivity contribution in [2.45, 2.75) is 25.5 Å². The molecule has 1 amide bonds. The van der Waals surface area contributed by atoms with Crippen molar-refractivity contribution in [1.82, 2.24) is 4.90 Å². The number of carbonyl (C=O) groups excluding carboxylic acids is 1. The maximum absolute atomic E-state index is 12.4. The number of likely N-dealkylation sites (tertiary alicyclic amines) is 1. The number of hydrogen-bond donors (Lipinski definition) is 1. The first-order valence-corrected chi connectivity index (χ1v) is 6.75. The minimum atomic E-state index is -0.254. The van der Waals surface area contributed by atoms with Gasteiger partial charge in [0.25, 0.3) is 0 Å². The maximum Gasteiger partial charge on any atom is 0.227 e. The smallest absolute Gasteiger partial charge is 0.227 e. The van der Waals surface area contributed by atoms with E-state index >= 15 is 0 Å². The lowest BCUT2D eigenvalue weighted by molar-refractivity contribution is -0.135. The van der Waals surface area contributed by atoms with Crippen LogP contribution in [0.3, 0.4) is 0 Å². The first-order chi connectivity index (χ1) is 9.13. The number of amides is 1. The van der Waals surface area contributed by atoms with Gasteiger partial charge in [-0.3, -0.25) is 4.79 Å². The molecular weight excluding hydrogens is 240 g/mol. The Bertz CT molecular complexity index is 421. The highest BCUT2D eigenvalue weighted by molar-refractivity contribution is 5.79. The van der Waals surface area contributed by atoms with Gasteiger partial charge in [0.05, 0.1) is 12.0 Å². The molecule has 1 heterocycles. The molecule has 1 aromatic carbocycles. The van der Waals surface area contributed by atoms with Gasteiger partial charge in [-0.25, -0.2) is 0 Å². The van der Waals surface area contributed by atoms with Gasteiger partial charge in [-0.05, 0) is 12.0 Å². The molecule has 4 nitrogen and oxygen atoms in total. The van der Waals surface area contributed by atoms with E-state index in [-0.39, 0.29) is 24.0 Å².